The van der Waals surface area contributed by atoms with Gasteiger partial charge in [-0.05, 0) is 144 Å². The second-order valence-corrected chi connectivity index (χ2v) is 25.3. The lowest BCUT2D eigenvalue weighted by Gasteiger charge is -2.22. The molecule has 0 aliphatic carbocycles. The van der Waals surface area contributed by atoms with Crippen LogP contribution in [0.5, 0.6) is 0 Å². The second-order valence-electron chi connectivity index (χ2n) is 18.1. The zero-order chi connectivity index (χ0) is 58.7. The molecule has 0 spiro atoms. The SMILES string of the molecule is CCN(CC)c1ccc(/N=N/c2ccc(-c3nc4ccc(C)cc4s3)cc2S(=O)(=O)O)c(Nc2nc(Nc3cc(N(CC)CC)ccc3/N=N/c3ccc(-c4nc5ccc(C)c(S(=O)(=O)O)c5s4)cc3S(=O)(=O)O)nc(SCCO)n2)c1. The second kappa shape index (κ2) is 24.6. The van der Waals surface area contributed by atoms with E-state index in [1.807, 2.05) is 58.9 Å². The van der Waals surface area contributed by atoms with Crippen molar-refractivity contribution in [3.63, 3.8) is 0 Å². The van der Waals surface area contributed by atoms with Crippen molar-refractivity contribution in [3.8, 4) is 21.1 Å². The first-order valence-electron chi connectivity index (χ1n) is 25.2. The molecule has 23 nitrogen and oxygen atoms in total. The zero-order valence-electron chi connectivity index (χ0n) is 44.7. The van der Waals surface area contributed by atoms with Crippen molar-refractivity contribution in [1.82, 2.24) is 24.9 Å². The number of benzene rings is 6. The summed E-state index contributed by atoms with van der Waals surface area (Å²) < 4.78 is 108. The van der Waals surface area contributed by atoms with Gasteiger partial charge in [0.2, 0.25) is 11.9 Å². The molecule has 9 aromatic rings. The number of nitrogens with zero attached hydrogens (tertiary/aromatic N) is 11. The van der Waals surface area contributed by atoms with Gasteiger partial charge in [-0.25, -0.2) is 9.97 Å². The van der Waals surface area contributed by atoms with Gasteiger partial charge in [0.15, 0.2) is 5.16 Å². The number of aliphatic hydroxyl groups is 1. The van der Waals surface area contributed by atoms with Gasteiger partial charge in [-0.3, -0.25) is 13.7 Å². The summed E-state index contributed by atoms with van der Waals surface area (Å²) in [6, 6.07) is 27.8. The highest BCUT2D eigenvalue weighted by molar-refractivity contribution is 7.99. The number of hydrogen-bond donors (Lipinski definition) is 6. The van der Waals surface area contributed by atoms with Crippen LogP contribution in [0.1, 0.15) is 38.8 Å². The Balaban J connectivity index is 1.08. The van der Waals surface area contributed by atoms with Crippen molar-refractivity contribution in [2.24, 2.45) is 20.5 Å². The molecular weight excluding hydrogens is 1170 g/mol. The monoisotopic (exact) mass is 1220 g/mol. The first-order valence-corrected chi connectivity index (χ1v) is 32.1. The minimum atomic E-state index is -4.96. The highest BCUT2D eigenvalue weighted by Crippen LogP contribution is 2.42. The van der Waals surface area contributed by atoms with Gasteiger partial charge in [-0.15, -0.1) is 43.1 Å². The first kappa shape index (κ1) is 59.2. The van der Waals surface area contributed by atoms with E-state index in [1.54, 1.807) is 42.5 Å². The highest BCUT2D eigenvalue weighted by atomic mass is 32.2. The van der Waals surface area contributed by atoms with Crippen molar-refractivity contribution in [1.29, 1.82) is 0 Å². The average molecular weight is 1220 g/mol. The van der Waals surface area contributed by atoms with Crippen LogP contribution in [-0.2, 0) is 30.4 Å². The molecular formula is C53H53N13O10S6. The number of aliphatic hydroxyl groups excluding tert-OH is 1. The van der Waals surface area contributed by atoms with Gasteiger partial charge in [0, 0.05) is 54.4 Å². The minimum Gasteiger partial charge on any atom is -0.396 e. The van der Waals surface area contributed by atoms with Gasteiger partial charge >= 0.3 is 0 Å². The fraction of sp³-hybridized carbons (Fsp3) is 0.226. The van der Waals surface area contributed by atoms with Gasteiger partial charge in [0.25, 0.3) is 30.4 Å². The number of thioether (sulfide) groups is 1. The van der Waals surface area contributed by atoms with Crippen LogP contribution in [0.4, 0.5) is 57.4 Å². The molecule has 0 aliphatic rings. The van der Waals surface area contributed by atoms with E-state index >= 15 is 0 Å². The van der Waals surface area contributed by atoms with Crippen LogP contribution in [0.15, 0.2) is 143 Å². The van der Waals surface area contributed by atoms with E-state index in [2.05, 4.69) is 60.8 Å². The normalized spacial score (nSPS) is 12.3. The molecule has 9 rings (SSSR count). The predicted octanol–water partition coefficient (Wildman–Crippen LogP) is 12.9. The largest absolute Gasteiger partial charge is 0.396 e. The molecule has 6 aromatic carbocycles. The molecule has 0 radical (unpaired) electrons. The zero-order valence-corrected chi connectivity index (χ0v) is 49.6. The number of nitrogens with one attached hydrogen (secondary N) is 2. The minimum absolute atomic E-state index is 0.00136. The Kier molecular flexibility index (Phi) is 17.7. The molecule has 426 valence electrons. The predicted molar refractivity (Wildman–Crippen MR) is 322 cm³/mol. The van der Waals surface area contributed by atoms with Crippen molar-refractivity contribution >= 4 is 143 Å². The highest BCUT2D eigenvalue weighted by Gasteiger charge is 2.24. The molecule has 3 aromatic heterocycles. The summed E-state index contributed by atoms with van der Waals surface area (Å²) in [5.74, 6) is 0.226. The molecule has 0 fully saturated rings. The van der Waals surface area contributed by atoms with Gasteiger partial charge < -0.3 is 25.5 Å². The molecule has 82 heavy (non-hydrogen) atoms. The standard InChI is InChI=1S/C53H53N13O10S6/c1-7-65(8-2)34-15-21-36(61-63-39-19-13-32(26-45(39)80(68,69)70)49-54-38-17-11-30(5)25-44(38)78-49)42(28-34)56-51-58-52(60-53(59-51)77-24-23-67)57-43-29-35(66(9-3)10-4)16-22-37(43)62-64-40-20-14-33(27-46(40)81(71,72)73)50-55-41-18-12-31(6)48(47(41)79-50)82(74,75)76/h11-22,25-29,67H,7-10,23-24H2,1-6H3,(H,68,69,70)(H,71,72,73)(H,74,75,76)(H2,56,57,58,59,60)/b63-61+,64-62+. The van der Waals surface area contributed by atoms with Gasteiger partial charge in [-0.1, -0.05) is 23.9 Å². The lowest BCUT2D eigenvalue weighted by molar-refractivity contribution is 0.322. The van der Waals surface area contributed by atoms with Gasteiger partial charge in [-0.2, -0.15) is 40.2 Å². The molecule has 29 heteroatoms. The van der Waals surface area contributed by atoms with E-state index in [4.69, 9.17) is 4.98 Å². The maximum atomic E-state index is 13.0. The van der Waals surface area contributed by atoms with Crippen molar-refractivity contribution in [2.45, 2.75) is 61.4 Å². The Labute approximate surface area is 484 Å². The summed E-state index contributed by atoms with van der Waals surface area (Å²) in [6.45, 7) is 13.8. The number of aryl methyl sites for hydroxylation is 2. The fourth-order valence-electron chi connectivity index (χ4n) is 8.66. The summed E-state index contributed by atoms with van der Waals surface area (Å²) in [5.41, 5.74) is 5.22. The van der Waals surface area contributed by atoms with Crippen LogP contribution >= 0.6 is 34.4 Å². The maximum absolute atomic E-state index is 13.0. The Bertz CT molecular complexity index is 4320. The Morgan fingerprint density at radius 3 is 1.50 bits per heavy atom. The van der Waals surface area contributed by atoms with E-state index < -0.39 is 40.1 Å². The summed E-state index contributed by atoms with van der Waals surface area (Å²) in [7, 11) is -14.4. The molecule has 0 aliphatic heterocycles. The fourth-order valence-corrected chi connectivity index (χ4v) is 13.9. The topological polar surface area (TPSA) is 328 Å². The van der Waals surface area contributed by atoms with Crippen molar-refractivity contribution in [3.05, 3.63) is 114 Å². The summed E-state index contributed by atoms with van der Waals surface area (Å²) in [4.78, 5) is 25.9. The van der Waals surface area contributed by atoms with Crippen LogP contribution in [0, 0.1) is 13.8 Å². The van der Waals surface area contributed by atoms with Crippen LogP contribution in [0.2, 0.25) is 0 Å². The van der Waals surface area contributed by atoms with Crippen molar-refractivity contribution in [2.75, 3.05) is 59.0 Å². The first-order chi connectivity index (χ1) is 39.1. The molecule has 6 N–H and O–H groups in total. The van der Waals surface area contributed by atoms with Crippen LogP contribution in [0.3, 0.4) is 0 Å². The molecule has 0 atom stereocenters. The van der Waals surface area contributed by atoms with E-state index in [0.29, 0.717) is 48.1 Å². The molecule has 0 unspecified atom stereocenters. The van der Waals surface area contributed by atoms with Crippen molar-refractivity contribution < 1.29 is 44.0 Å². The summed E-state index contributed by atoms with van der Waals surface area (Å²) in [5, 5.41) is 34.8. The molecule has 0 saturated heterocycles. The lowest BCUT2D eigenvalue weighted by Crippen LogP contribution is -2.21. The number of aromatic nitrogens is 5. The number of thiazole rings is 2. The number of anilines is 6. The summed E-state index contributed by atoms with van der Waals surface area (Å²) >= 11 is 3.43. The Hall–Kier alpha value is -7.45. The molecule has 0 amide bonds. The Morgan fingerprint density at radius 1 is 0.537 bits per heavy atom. The number of azo groups is 2. The van der Waals surface area contributed by atoms with E-state index in [9.17, 15) is 44.0 Å². The number of hydrogen-bond acceptors (Lipinski definition) is 23. The maximum Gasteiger partial charge on any atom is 0.296 e. The van der Waals surface area contributed by atoms with Crippen LogP contribution in [0.25, 0.3) is 41.6 Å². The van der Waals surface area contributed by atoms with Crippen LogP contribution in [-0.4, -0.2) is 107 Å². The van der Waals surface area contributed by atoms with E-state index in [-0.39, 0.29) is 83.4 Å². The molecule has 0 saturated carbocycles. The van der Waals surface area contributed by atoms with Gasteiger partial charge in [0.1, 0.15) is 47.5 Å². The number of fused-ring (bicyclic) bond motifs is 2. The summed E-state index contributed by atoms with van der Waals surface area (Å²) in [6.07, 6.45) is 0. The van der Waals surface area contributed by atoms with E-state index in [0.717, 1.165) is 56.3 Å². The molecule has 3 heterocycles. The smallest absolute Gasteiger partial charge is 0.296 e. The van der Waals surface area contributed by atoms with Gasteiger partial charge in [0.05, 0.1) is 38.4 Å². The molecule has 0 bridgehead atoms. The quantitative estimate of drug-likeness (QED) is 0.0209. The number of rotatable bonds is 22. The third-order valence-corrected chi connectivity index (χ3v) is 18.6. The lowest BCUT2D eigenvalue weighted by atomic mass is 10.2. The third-order valence-electron chi connectivity index (χ3n) is 12.7. The third kappa shape index (κ3) is 13.4. The van der Waals surface area contributed by atoms with Crippen LogP contribution < -0.4 is 20.4 Å². The Morgan fingerprint density at radius 2 is 1.01 bits per heavy atom. The average Bonchev–Trinajstić information content (AvgIpc) is 4.18. The van der Waals surface area contributed by atoms with E-state index in [1.165, 1.54) is 48.6 Å².